The fraction of sp³-hybridized carbons (Fsp3) is 0.0769. The van der Waals surface area contributed by atoms with Gasteiger partial charge in [-0.25, -0.2) is 8.42 Å². The van der Waals surface area contributed by atoms with Gasteiger partial charge in [0.2, 0.25) is 9.84 Å². The van der Waals surface area contributed by atoms with Crippen LogP contribution in [-0.4, -0.2) is 8.42 Å². The molecule has 204 valence electrons. The van der Waals surface area contributed by atoms with Crippen LogP contribution in [0.25, 0.3) is 0 Å². The monoisotopic (exact) mass is 568 g/mol. The van der Waals surface area contributed by atoms with Crippen LogP contribution in [0.1, 0.15) is 11.1 Å². The van der Waals surface area contributed by atoms with Gasteiger partial charge in [0.1, 0.15) is 34.1 Å². The molecule has 0 fully saturated rings. The van der Waals surface area contributed by atoms with Crippen molar-refractivity contribution in [1.82, 2.24) is 0 Å². The fourth-order valence-electron chi connectivity index (χ4n) is 3.48. The summed E-state index contributed by atoms with van der Waals surface area (Å²) in [4.78, 5) is -0.399. The van der Waals surface area contributed by atoms with Gasteiger partial charge in [0.25, 0.3) is 0 Å². The normalized spacial score (nSPS) is 12.3. The minimum Gasteiger partial charge on any atom is -0.457 e. The molecule has 0 heterocycles. The summed E-state index contributed by atoms with van der Waals surface area (Å²) < 4.78 is 116. The molecule has 4 rings (SSSR count). The third kappa shape index (κ3) is 6.20. The molecule has 4 aromatic rings. The van der Waals surface area contributed by atoms with Crippen molar-refractivity contribution in [3.05, 3.63) is 96.1 Å². The molecule has 0 aliphatic carbocycles. The molecule has 0 aliphatic rings. The first-order chi connectivity index (χ1) is 18.1. The molecule has 0 atom stereocenters. The van der Waals surface area contributed by atoms with Crippen LogP contribution in [0.15, 0.2) is 94.7 Å². The zero-order valence-electron chi connectivity index (χ0n) is 19.5. The highest BCUT2D eigenvalue weighted by Gasteiger charge is 2.36. The van der Waals surface area contributed by atoms with Gasteiger partial charge in [0.05, 0.1) is 9.79 Å². The van der Waals surface area contributed by atoms with Crippen LogP contribution >= 0.6 is 0 Å². The minimum absolute atomic E-state index is 0.0584. The third-order valence-corrected chi connectivity index (χ3v) is 7.13. The van der Waals surface area contributed by atoms with Crippen molar-refractivity contribution in [2.45, 2.75) is 22.1 Å². The third-order valence-electron chi connectivity index (χ3n) is 5.34. The predicted molar refractivity (Wildman–Crippen MR) is 130 cm³/mol. The molecule has 0 saturated carbocycles. The van der Waals surface area contributed by atoms with Gasteiger partial charge in [-0.15, -0.1) is 0 Å². The number of alkyl halides is 6. The van der Waals surface area contributed by atoms with Crippen LogP contribution in [-0.2, 0) is 22.2 Å². The second-order valence-corrected chi connectivity index (χ2v) is 10.1. The first-order valence-electron chi connectivity index (χ1n) is 10.9. The highest BCUT2D eigenvalue weighted by Crippen LogP contribution is 2.41. The molecule has 0 aromatic heterocycles. The topological polar surface area (TPSA) is 105 Å². The van der Waals surface area contributed by atoms with Crippen molar-refractivity contribution in [3.63, 3.8) is 0 Å². The first kappa shape index (κ1) is 27.6. The lowest BCUT2D eigenvalue weighted by molar-refractivity contribution is -0.139. The van der Waals surface area contributed by atoms with Crippen LogP contribution in [0.4, 0.5) is 37.7 Å². The Balaban J connectivity index is 1.54. The smallest absolute Gasteiger partial charge is 0.420 e. The van der Waals surface area contributed by atoms with E-state index in [9.17, 15) is 34.8 Å². The number of anilines is 2. The molecule has 6 nitrogen and oxygen atoms in total. The average Bonchev–Trinajstić information content (AvgIpc) is 2.85. The van der Waals surface area contributed by atoms with Crippen molar-refractivity contribution >= 4 is 21.2 Å². The molecule has 0 aliphatic heterocycles. The van der Waals surface area contributed by atoms with E-state index in [1.807, 2.05) is 0 Å². The number of nitrogens with two attached hydrogens (primary N) is 2. The number of nitrogen functional groups attached to an aromatic ring is 2. The molecule has 0 amide bonds. The van der Waals surface area contributed by atoms with Crippen LogP contribution in [0.5, 0.6) is 23.0 Å². The van der Waals surface area contributed by atoms with Gasteiger partial charge in [-0.05, 0) is 84.9 Å². The summed E-state index contributed by atoms with van der Waals surface area (Å²) in [6.45, 7) is 0. The quantitative estimate of drug-likeness (QED) is 0.187. The Hall–Kier alpha value is -4.39. The van der Waals surface area contributed by atoms with Gasteiger partial charge in [-0.1, -0.05) is 0 Å². The Morgan fingerprint density at radius 3 is 1.18 bits per heavy atom. The van der Waals surface area contributed by atoms with Gasteiger partial charge < -0.3 is 20.9 Å². The number of rotatable bonds is 6. The molecule has 39 heavy (non-hydrogen) atoms. The van der Waals surface area contributed by atoms with Gasteiger partial charge in [-0.2, -0.15) is 26.3 Å². The number of sulfone groups is 1. The van der Waals surface area contributed by atoms with Crippen molar-refractivity contribution in [3.8, 4) is 23.0 Å². The SMILES string of the molecule is Nc1ccc(Oc2ccc(S(=O)(=O)c3ccc(Oc4ccc(N)cc4C(F)(F)F)cc3)cc2)c(C(F)(F)F)c1. The van der Waals surface area contributed by atoms with Gasteiger partial charge >= 0.3 is 12.4 Å². The zero-order chi connectivity index (χ0) is 28.6. The van der Waals surface area contributed by atoms with Crippen molar-refractivity contribution < 1.29 is 44.2 Å². The largest absolute Gasteiger partial charge is 0.457 e. The Morgan fingerprint density at radius 2 is 0.872 bits per heavy atom. The second kappa shape index (κ2) is 10.1. The lowest BCUT2D eigenvalue weighted by atomic mass is 10.1. The summed E-state index contributed by atoms with van der Waals surface area (Å²) in [5, 5.41) is 0. The van der Waals surface area contributed by atoms with Crippen molar-refractivity contribution in [2.24, 2.45) is 0 Å². The maximum absolute atomic E-state index is 13.3. The summed E-state index contributed by atoms with van der Waals surface area (Å²) >= 11 is 0. The van der Waals surface area contributed by atoms with E-state index in [0.717, 1.165) is 48.5 Å². The van der Waals surface area contributed by atoms with Crippen molar-refractivity contribution in [1.29, 1.82) is 0 Å². The van der Waals surface area contributed by atoms with E-state index in [-0.39, 0.29) is 32.7 Å². The zero-order valence-corrected chi connectivity index (χ0v) is 20.4. The molecule has 13 heteroatoms. The second-order valence-electron chi connectivity index (χ2n) is 8.16. The molecule has 0 radical (unpaired) electrons. The summed E-state index contributed by atoms with van der Waals surface area (Å²) in [7, 11) is -4.10. The molecular weight excluding hydrogens is 550 g/mol. The average molecular weight is 568 g/mol. The van der Waals surface area contributed by atoms with E-state index in [0.29, 0.717) is 0 Å². The van der Waals surface area contributed by atoms with Crippen LogP contribution in [0.3, 0.4) is 0 Å². The lowest BCUT2D eigenvalue weighted by Gasteiger charge is -2.15. The Bertz CT molecular complexity index is 1490. The van der Waals surface area contributed by atoms with Gasteiger partial charge in [0, 0.05) is 11.4 Å². The van der Waals surface area contributed by atoms with E-state index in [2.05, 4.69) is 0 Å². The van der Waals surface area contributed by atoms with Crippen LogP contribution < -0.4 is 20.9 Å². The molecule has 0 saturated heterocycles. The summed E-state index contributed by atoms with van der Waals surface area (Å²) in [6.07, 6.45) is -9.46. The summed E-state index contributed by atoms with van der Waals surface area (Å²) in [5.41, 5.74) is 8.47. The lowest BCUT2D eigenvalue weighted by Crippen LogP contribution is -2.08. The predicted octanol–water partition coefficient (Wildman–Crippen LogP) is 7.31. The molecular formula is C26H18F6N2O4S. The molecule has 0 spiro atoms. The van der Waals surface area contributed by atoms with Gasteiger partial charge in [0.15, 0.2) is 0 Å². The Morgan fingerprint density at radius 1 is 0.538 bits per heavy atom. The van der Waals surface area contributed by atoms with E-state index in [4.69, 9.17) is 20.9 Å². The number of hydrogen-bond acceptors (Lipinski definition) is 6. The minimum atomic E-state index is -4.73. The number of ether oxygens (including phenoxy) is 2. The Kier molecular flexibility index (Phi) is 7.13. The number of halogens is 6. The van der Waals surface area contributed by atoms with E-state index in [1.165, 1.54) is 36.4 Å². The fourth-order valence-corrected chi connectivity index (χ4v) is 4.74. The number of benzene rings is 4. The first-order valence-corrected chi connectivity index (χ1v) is 12.4. The van der Waals surface area contributed by atoms with E-state index in [1.54, 1.807) is 0 Å². The van der Waals surface area contributed by atoms with Crippen LogP contribution in [0.2, 0.25) is 0 Å². The molecule has 0 bridgehead atoms. The van der Waals surface area contributed by atoms with Crippen LogP contribution in [0, 0.1) is 0 Å². The van der Waals surface area contributed by atoms with E-state index >= 15 is 0 Å². The van der Waals surface area contributed by atoms with E-state index < -0.39 is 44.8 Å². The van der Waals surface area contributed by atoms with Gasteiger partial charge in [-0.3, -0.25) is 0 Å². The summed E-state index contributed by atoms with van der Waals surface area (Å²) in [5.74, 6) is -1.15. The van der Waals surface area contributed by atoms with Crippen molar-refractivity contribution in [2.75, 3.05) is 11.5 Å². The maximum Gasteiger partial charge on any atom is 0.420 e. The summed E-state index contributed by atoms with van der Waals surface area (Å²) in [6, 6.07) is 15.3. The molecule has 4 N–H and O–H groups in total. The highest BCUT2D eigenvalue weighted by atomic mass is 32.2. The molecule has 4 aromatic carbocycles. The molecule has 0 unspecified atom stereocenters. The standard InChI is InChI=1S/C26H18F6N2O4S/c27-25(28,29)21-13-15(33)1-11-23(21)37-17-3-7-19(8-4-17)39(35,36)20-9-5-18(6-10-20)38-24-12-2-16(34)14-22(24)26(30,31)32/h1-14H,33-34H2. The highest BCUT2D eigenvalue weighted by molar-refractivity contribution is 7.91. The Labute approximate surface area is 218 Å². The number of hydrogen-bond donors (Lipinski definition) is 2. The maximum atomic E-state index is 13.3.